The second kappa shape index (κ2) is 8.16. The molecule has 0 heterocycles. The molecule has 0 aliphatic rings. The van der Waals surface area contributed by atoms with Crippen LogP contribution >= 0.6 is 15.9 Å². The first-order chi connectivity index (χ1) is 13.3. The van der Waals surface area contributed by atoms with Gasteiger partial charge in [0.15, 0.2) is 0 Å². The molecule has 3 rings (SSSR count). The number of methoxy groups -OCH3 is 1. The van der Waals surface area contributed by atoms with E-state index in [1.54, 1.807) is 60.7 Å². The molecule has 0 fully saturated rings. The molecule has 0 aliphatic heterocycles. The topological polar surface area (TPSA) is 63.7 Å². The molecule has 0 saturated heterocycles. The lowest BCUT2D eigenvalue weighted by atomic mass is 10.2. The van der Waals surface area contributed by atoms with Crippen LogP contribution in [0.25, 0.3) is 0 Å². The number of hydrogen-bond donors (Lipinski definition) is 0. The number of nitrogens with zero attached hydrogens (tertiary/aromatic N) is 1. The maximum atomic E-state index is 13.4. The van der Waals surface area contributed by atoms with E-state index in [1.807, 2.05) is 6.92 Å². The van der Waals surface area contributed by atoms with E-state index >= 15 is 0 Å². The Hall–Kier alpha value is -2.64. The highest BCUT2D eigenvalue weighted by Crippen LogP contribution is 2.29. The van der Waals surface area contributed by atoms with Crippen LogP contribution in [0.1, 0.15) is 15.9 Å². The Morgan fingerprint density at radius 1 is 0.929 bits per heavy atom. The molecular formula is C21H18BrNO4S. The van der Waals surface area contributed by atoms with Crippen LogP contribution in [0.15, 0.2) is 82.2 Å². The SMILES string of the molecule is COc1ccc(N(C(=O)c2ccccc2Br)S(=O)(=O)c2ccc(C)cc2)cc1. The second-order valence-electron chi connectivity index (χ2n) is 6.07. The Balaban J connectivity index is 2.17. The monoisotopic (exact) mass is 459 g/mol. The summed E-state index contributed by atoms with van der Waals surface area (Å²) < 4.78 is 33.2. The first-order valence-electron chi connectivity index (χ1n) is 8.39. The minimum atomic E-state index is -4.13. The van der Waals surface area contributed by atoms with Crippen molar-refractivity contribution in [3.05, 3.63) is 88.4 Å². The van der Waals surface area contributed by atoms with Crippen molar-refractivity contribution in [2.24, 2.45) is 0 Å². The van der Waals surface area contributed by atoms with Gasteiger partial charge in [0.1, 0.15) is 5.75 Å². The van der Waals surface area contributed by atoms with E-state index in [-0.39, 0.29) is 16.1 Å². The van der Waals surface area contributed by atoms with Gasteiger partial charge in [-0.05, 0) is 71.4 Å². The zero-order chi connectivity index (χ0) is 20.3. The van der Waals surface area contributed by atoms with Crippen molar-refractivity contribution in [2.75, 3.05) is 11.4 Å². The maximum absolute atomic E-state index is 13.4. The smallest absolute Gasteiger partial charge is 0.273 e. The van der Waals surface area contributed by atoms with Gasteiger partial charge in [-0.15, -0.1) is 0 Å². The summed E-state index contributed by atoms with van der Waals surface area (Å²) in [7, 11) is -2.62. The van der Waals surface area contributed by atoms with Gasteiger partial charge in [-0.3, -0.25) is 4.79 Å². The summed E-state index contributed by atoms with van der Waals surface area (Å²) in [6.07, 6.45) is 0. The van der Waals surface area contributed by atoms with E-state index < -0.39 is 15.9 Å². The number of anilines is 1. The van der Waals surface area contributed by atoms with Crippen molar-refractivity contribution < 1.29 is 17.9 Å². The van der Waals surface area contributed by atoms with E-state index in [4.69, 9.17) is 4.74 Å². The lowest BCUT2D eigenvalue weighted by Gasteiger charge is -2.23. The number of halogens is 1. The molecule has 0 saturated carbocycles. The van der Waals surface area contributed by atoms with Crippen LogP contribution in [-0.4, -0.2) is 21.4 Å². The number of rotatable bonds is 5. The minimum Gasteiger partial charge on any atom is -0.497 e. The average molecular weight is 460 g/mol. The first kappa shape index (κ1) is 20.1. The lowest BCUT2D eigenvalue weighted by Crippen LogP contribution is -2.37. The van der Waals surface area contributed by atoms with E-state index in [0.29, 0.717) is 10.2 Å². The van der Waals surface area contributed by atoms with Crippen molar-refractivity contribution >= 4 is 37.5 Å². The Bertz CT molecular complexity index is 1090. The van der Waals surface area contributed by atoms with Gasteiger partial charge in [0.2, 0.25) is 0 Å². The number of hydrogen-bond acceptors (Lipinski definition) is 4. The Kier molecular flexibility index (Phi) is 5.86. The van der Waals surface area contributed by atoms with Crippen LogP contribution in [0.4, 0.5) is 5.69 Å². The van der Waals surface area contributed by atoms with Crippen molar-refractivity contribution in [3.63, 3.8) is 0 Å². The molecule has 3 aromatic carbocycles. The fraction of sp³-hybridized carbons (Fsp3) is 0.0952. The number of sulfonamides is 1. The Morgan fingerprint density at radius 3 is 2.11 bits per heavy atom. The minimum absolute atomic E-state index is 0.0364. The quantitative estimate of drug-likeness (QED) is 0.549. The fourth-order valence-corrected chi connectivity index (χ4v) is 4.50. The predicted molar refractivity (Wildman–Crippen MR) is 112 cm³/mol. The normalized spacial score (nSPS) is 11.1. The largest absolute Gasteiger partial charge is 0.497 e. The molecule has 28 heavy (non-hydrogen) atoms. The van der Waals surface area contributed by atoms with Crippen LogP contribution in [0.2, 0.25) is 0 Å². The number of carbonyl (C=O) groups excluding carboxylic acids is 1. The Morgan fingerprint density at radius 2 is 1.54 bits per heavy atom. The molecule has 144 valence electrons. The highest BCUT2D eigenvalue weighted by atomic mass is 79.9. The second-order valence-corrected chi connectivity index (χ2v) is 8.71. The van der Waals surface area contributed by atoms with Crippen molar-refractivity contribution in [2.45, 2.75) is 11.8 Å². The lowest BCUT2D eigenvalue weighted by molar-refractivity contribution is 0.100. The van der Waals surface area contributed by atoms with Crippen LogP contribution in [-0.2, 0) is 10.0 Å². The third kappa shape index (κ3) is 3.95. The molecule has 7 heteroatoms. The molecule has 0 aliphatic carbocycles. The highest BCUT2D eigenvalue weighted by molar-refractivity contribution is 9.10. The van der Waals surface area contributed by atoms with Gasteiger partial charge in [0.05, 0.1) is 23.3 Å². The standard InChI is InChI=1S/C21H18BrNO4S/c1-15-7-13-18(14-8-15)28(25,26)23(16-9-11-17(27-2)12-10-16)21(24)19-5-3-4-6-20(19)22/h3-14H,1-2H3. The molecule has 0 unspecified atom stereocenters. The molecule has 0 radical (unpaired) electrons. The molecule has 0 spiro atoms. The van der Waals surface area contributed by atoms with E-state index in [0.717, 1.165) is 9.87 Å². The van der Waals surface area contributed by atoms with Gasteiger partial charge >= 0.3 is 0 Å². The zero-order valence-corrected chi connectivity index (χ0v) is 17.7. The van der Waals surface area contributed by atoms with Gasteiger partial charge in [-0.25, -0.2) is 8.42 Å². The van der Waals surface area contributed by atoms with Crippen molar-refractivity contribution in [1.29, 1.82) is 0 Å². The summed E-state index contributed by atoms with van der Waals surface area (Å²) in [5.41, 5.74) is 1.39. The summed E-state index contributed by atoms with van der Waals surface area (Å²) in [6.45, 7) is 1.86. The first-order valence-corrected chi connectivity index (χ1v) is 10.6. The van der Waals surface area contributed by atoms with Gasteiger partial charge in [-0.2, -0.15) is 4.31 Å². The van der Waals surface area contributed by atoms with Crippen LogP contribution in [0.3, 0.4) is 0 Å². The van der Waals surface area contributed by atoms with Gasteiger partial charge in [-0.1, -0.05) is 29.8 Å². The number of carbonyl (C=O) groups is 1. The molecule has 1 amide bonds. The van der Waals surface area contributed by atoms with Crippen LogP contribution in [0.5, 0.6) is 5.75 Å². The molecule has 0 aromatic heterocycles. The van der Waals surface area contributed by atoms with E-state index in [2.05, 4.69) is 15.9 Å². The van der Waals surface area contributed by atoms with Gasteiger partial charge < -0.3 is 4.74 Å². The molecular weight excluding hydrogens is 442 g/mol. The molecule has 0 atom stereocenters. The summed E-state index contributed by atoms with van der Waals surface area (Å²) in [6, 6.07) is 19.4. The number of aryl methyl sites for hydroxylation is 1. The summed E-state index contributed by atoms with van der Waals surface area (Å²) in [5, 5.41) is 0. The van der Waals surface area contributed by atoms with Crippen LogP contribution in [0, 0.1) is 6.92 Å². The van der Waals surface area contributed by atoms with Gasteiger partial charge in [0.25, 0.3) is 15.9 Å². The average Bonchev–Trinajstić information content (AvgIpc) is 2.69. The molecule has 5 nitrogen and oxygen atoms in total. The summed E-state index contributed by atoms with van der Waals surface area (Å²) in [5.74, 6) is -0.0945. The van der Waals surface area contributed by atoms with Gasteiger partial charge in [0, 0.05) is 4.47 Å². The third-order valence-corrected chi connectivity index (χ3v) is 6.57. The predicted octanol–water partition coefficient (Wildman–Crippen LogP) is 4.80. The number of amides is 1. The highest BCUT2D eigenvalue weighted by Gasteiger charge is 2.32. The van der Waals surface area contributed by atoms with E-state index in [9.17, 15) is 13.2 Å². The summed E-state index contributed by atoms with van der Waals surface area (Å²) in [4.78, 5) is 13.3. The Labute approximate surface area is 172 Å². The maximum Gasteiger partial charge on any atom is 0.273 e. The summed E-state index contributed by atoms with van der Waals surface area (Å²) >= 11 is 3.33. The van der Waals surface area contributed by atoms with E-state index in [1.165, 1.54) is 19.2 Å². The number of benzene rings is 3. The molecule has 3 aromatic rings. The van der Waals surface area contributed by atoms with Crippen molar-refractivity contribution in [3.8, 4) is 5.75 Å². The van der Waals surface area contributed by atoms with Crippen LogP contribution < -0.4 is 9.04 Å². The van der Waals surface area contributed by atoms with Crippen molar-refractivity contribution in [1.82, 2.24) is 0 Å². The third-order valence-electron chi connectivity index (χ3n) is 4.15. The fourth-order valence-electron chi connectivity index (χ4n) is 2.64. The zero-order valence-electron chi connectivity index (χ0n) is 15.3. The molecule has 0 bridgehead atoms. The molecule has 0 N–H and O–H groups in total. The number of ether oxygens (including phenoxy) is 1.